The summed E-state index contributed by atoms with van der Waals surface area (Å²) in [5, 5.41) is 11.5. The van der Waals surface area contributed by atoms with Crippen LogP contribution in [0.2, 0.25) is 0 Å². The number of nitrogens with one attached hydrogen (secondary N) is 1. The Labute approximate surface area is 78.9 Å². The smallest absolute Gasteiger partial charge is 0.150 e. The Morgan fingerprint density at radius 1 is 1.69 bits per heavy atom. The molecule has 0 saturated carbocycles. The molecule has 1 N–H and O–H groups in total. The molecule has 2 atom stereocenters. The van der Waals surface area contributed by atoms with Gasteiger partial charge in [-0.15, -0.1) is 0 Å². The number of nitriles is 1. The maximum absolute atomic E-state index is 11.1. The summed E-state index contributed by atoms with van der Waals surface area (Å²) in [6, 6.07) is 1.86. The third-order valence-electron chi connectivity index (χ3n) is 2.23. The van der Waals surface area contributed by atoms with Crippen molar-refractivity contribution in [1.29, 1.82) is 5.26 Å². The van der Waals surface area contributed by atoms with Gasteiger partial charge in [-0.3, -0.25) is 0 Å². The molecular formula is C8H14N2O2S. The van der Waals surface area contributed by atoms with Crippen molar-refractivity contribution in [3.05, 3.63) is 0 Å². The van der Waals surface area contributed by atoms with Crippen LogP contribution < -0.4 is 5.32 Å². The minimum atomic E-state index is -2.77. The standard InChI is InChI=1S/C8H14N2O2S/c1-7(4-9)10-5-8-2-3-13(11,12)6-8/h7-8,10H,2-3,5-6H2,1H3. The Balaban J connectivity index is 2.30. The molecule has 0 aromatic carbocycles. The molecular weight excluding hydrogens is 188 g/mol. The lowest BCUT2D eigenvalue weighted by Crippen LogP contribution is -2.30. The van der Waals surface area contributed by atoms with Crippen molar-refractivity contribution in [1.82, 2.24) is 5.32 Å². The molecule has 0 amide bonds. The largest absolute Gasteiger partial charge is 0.302 e. The van der Waals surface area contributed by atoms with Gasteiger partial charge in [-0.05, 0) is 19.3 Å². The summed E-state index contributed by atoms with van der Waals surface area (Å²) in [4.78, 5) is 0. The molecule has 1 heterocycles. The zero-order valence-electron chi connectivity index (χ0n) is 7.66. The minimum absolute atomic E-state index is 0.191. The minimum Gasteiger partial charge on any atom is -0.302 e. The molecule has 13 heavy (non-hydrogen) atoms. The third-order valence-corrected chi connectivity index (χ3v) is 4.07. The summed E-state index contributed by atoms with van der Waals surface area (Å²) in [5.74, 6) is 0.777. The first-order valence-electron chi connectivity index (χ1n) is 4.37. The van der Waals surface area contributed by atoms with Crippen molar-refractivity contribution in [2.45, 2.75) is 19.4 Å². The van der Waals surface area contributed by atoms with Crippen LogP contribution in [0.25, 0.3) is 0 Å². The summed E-state index contributed by atoms with van der Waals surface area (Å²) in [6.07, 6.45) is 0.730. The highest BCUT2D eigenvalue weighted by Crippen LogP contribution is 2.17. The monoisotopic (exact) mass is 202 g/mol. The van der Waals surface area contributed by atoms with Crippen LogP contribution in [-0.2, 0) is 9.84 Å². The van der Waals surface area contributed by atoms with E-state index in [0.29, 0.717) is 12.3 Å². The van der Waals surface area contributed by atoms with E-state index >= 15 is 0 Å². The summed E-state index contributed by atoms with van der Waals surface area (Å²) in [5.41, 5.74) is 0. The lowest BCUT2D eigenvalue weighted by molar-refractivity contribution is 0.505. The normalized spacial score (nSPS) is 28.2. The quantitative estimate of drug-likeness (QED) is 0.695. The van der Waals surface area contributed by atoms with E-state index in [4.69, 9.17) is 5.26 Å². The summed E-state index contributed by atoms with van der Waals surface area (Å²) >= 11 is 0. The molecule has 1 rings (SSSR count). The molecule has 1 aliphatic heterocycles. The predicted molar refractivity (Wildman–Crippen MR) is 49.8 cm³/mol. The van der Waals surface area contributed by atoms with Gasteiger partial charge >= 0.3 is 0 Å². The molecule has 0 spiro atoms. The molecule has 1 saturated heterocycles. The van der Waals surface area contributed by atoms with E-state index in [9.17, 15) is 8.42 Å². The van der Waals surface area contributed by atoms with Gasteiger partial charge in [0.2, 0.25) is 0 Å². The average Bonchev–Trinajstić information content (AvgIpc) is 2.41. The molecule has 0 radical (unpaired) electrons. The van der Waals surface area contributed by atoms with Gasteiger partial charge in [-0.2, -0.15) is 5.26 Å². The van der Waals surface area contributed by atoms with Gasteiger partial charge in [-0.25, -0.2) is 8.42 Å². The number of sulfone groups is 1. The van der Waals surface area contributed by atoms with E-state index in [2.05, 4.69) is 5.32 Å². The number of nitrogens with zero attached hydrogens (tertiary/aromatic N) is 1. The predicted octanol–water partition coefficient (Wildman–Crippen LogP) is -0.0772. The number of hydrogen-bond acceptors (Lipinski definition) is 4. The third kappa shape index (κ3) is 3.33. The Hall–Kier alpha value is -0.600. The lowest BCUT2D eigenvalue weighted by atomic mass is 10.1. The second kappa shape index (κ2) is 4.07. The highest BCUT2D eigenvalue weighted by Gasteiger charge is 2.27. The maximum atomic E-state index is 11.1. The van der Waals surface area contributed by atoms with E-state index in [1.807, 2.05) is 6.07 Å². The second-order valence-electron chi connectivity index (χ2n) is 3.53. The Kier molecular flexibility index (Phi) is 3.28. The van der Waals surface area contributed by atoms with E-state index in [1.54, 1.807) is 6.92 Å². The van der Waals surface area contributed by atoms with E-state index < -0.39 is 9.84 Å². The first-order chi connectivity index (χ1) is 6.03. The van der Waals surface area contributed by atoms with Gasteiger partial charge in [0.1, 0.15) is 0 Å². The van der Waals surface area contributed by atoms with Crippen molar-refractivity contribution < 1.29 is 8.42 Å². The summed E-state index contributed by atoms with van der Waals surface area (Å²) < 4.78 is 22.1. The Bertz CT molecular complexity index is 305. The van der Waals surface area contributed by atoms with Crippen LogP contribution in [0, 0.1) is 17.2 Å². The molecule has 74 valence electrons. The first-order valence-corrected chi connectivity index (χ1v) is 6.19. The van der Waals surface area contributed by atoms with Crippen molar-refractivity contribution in [2.24, 2.45) is 5.92 Å². The van der Waals surface area contributed by atoms with Crippen molar-refractivity contribution in [3.63, 3.8) is 0 Å². The molecule has 0 aromatic rings. The van der Waals surface area contributed by atoms with Crippen molar-refractivity contribution in [2.75, 3.05) is 18.1 Å². The van der Waals surface area contributed by atoms with Crippen molar-refractivity contribution >= 4 is 9.84 Å². The van der Waals surface area contributed by atoms with Crippen molar-refractivity contribution in [3.8, 4) is 6.07 Å². The van der Waals surface area contributed by atoms with Gasteiger partial charge in [-0.1, -0.05) is 0 Å². The molecule has 1 fully saturated rings. The summed E-state index contributed by atoms with van der Waals surface area (Å²) in [6.45, 7) is 2.40. The summed E-state index contributed by atoms with van der Waals surface area (Å²) in [7, 11) is -2.77. The topological polar surface area (TPSA) is 70.0 Å². The van der Waals surface area contributed by atoms with E-state index in [0.717, 1.165) is 6.42 Å². The fraction of sp³-hybridized carbons (Fsp3) is 0.875. The van der Waals surface area contributed by atoms with Crippen LogP contribution in [-0.4, -0.2) is 32.5 Å². The lowest BCUT2D eigenvalue weighted by Gasteiger charge is -2.10. The van der Waals surface area contributed by atoms with Crippen LogP contribution in [0.4, 0.5) is 0 Å². The number of hydrogen-bond donors (Lipinski definition) is 1. The Morgan fingerprint density at radius 3 is 2.85 bits per heavy atom. The molecule has 2 unspecified atom stereocenters. The van der Waals surface area contributed by atoms with Crippen LogP contribution in [0.3, 0.4) is 0 Å². The zero-order chi connectivity index (χ0) is 9.90. The van der Waals surface area contributed by atoms with Crippen LogP contribution >= 0.6 is 0 Å². The van der Waals surface area contributed by atoms with Gasteiger partial charge in [0.15, 0.2) is 9.84 Å². The molecule has 5 heteroatoms. The van der Waals surface area contributed by atoms with E-state index in [-0.39, 0.29) is 17.7 Å². The zero-order valence-corrected chi connectivity index (χ0v) is 8.47. The number of rotatable bonds is 3. The van der Waals surface area contributed by atoms with Gasteiger partial charge in [0.05, 0.1) is 23.6 Å². The van der Waals surface area contributed by atoms with Crippen LogP contribution in [0.15, 0.2) is 0 Å². The highest BCUT2D eigenvalue weighted by atomic mass is 32.2. The fourth-order valence-electron chi connectivity index (χ4n) is 1.42. The SMILES string of the molecule is CC(C#N)NCC1CCS(=O)(=O)C1. The maximum Gasteiger partial charge on any atom is 0.150 e. The first kappa shape index (κ1) is 10.5. The molecule has 0 aromatic heterocycles. The Morgan fingerprint density at radius 2 is 2.38 bits per heavy atom. The van der Waals surface area contributed by atoms with Crippen LogP contribution in [0.5, 0.6) is 0 Å². The molecule has 0 aliphatic carbocycles. The molecule has 1 aliphatic rings. The molecule has 0 bridgehead atoms. The van der Waals surface area contributed by atoms with Gasteiger partial charge in [0.25, 0.3) is 0 Å². The average molecular weight is 202 g/mol. The molecule has 4 nitrogen and oxygen atoms in total. The highest BCUT2D eigenvalue weighted by molar-refractivity contribution is 7.91. The van der Waals surface area contributed by atoms with E-state index in [1.165, 1.54) is 0 Å². The van der Waals surface area contributed by atoms with Gasteiger partial charge < -0.3 is 5.32 Å². The fourth-order valence-corrected chi connectivity index (χ4v) is 3.28. The second-order valence-corrected chi connectivity index (χ2v) is 5.76. The van der Waals surface area contributed by atoms with Gasteiger partial charge in [0, 0.05) is 6.54 Å². The van der Waals surface area contributed by atoms with Crippen LogP contribution in [0.1, 0.15) is 13.3 Å².